The minimum Gasteiger partial charge on any atom is -0.343 e. The molecule has 0 atom stereocenters. The number of para-hydroxylation sites is 1. The number of hydrogen-bond donors (Lipinski definition) is 1. The minimum atomic E-state index is -0.605. The summed E-state index contributed by atoms with van der Waals surface area (Å²) in [5.74, 6) is 0.475. The van der Waals surface area contributed by atoms with Gasteiger partial charge in [0.05, 0.1) is 16.1 Å². The molecule has 0 radical (unpaired) electrons. The number of benzene rings is 2. The fraction of sp³-hybridized carbons (Fsp3) is 0.0500. The number of rotatable bonds is 7. The SMILES string of the molecule is O=[N+]([O-])/C(C(Cl)=C(Cl)Cl)=C(/Nc1cccc2cccnc12)SCc1ccccc1. The Morgan fingerprint density at radius 3 is 2.45 bits per heavy atom. The Hall–Kier alpha value is -2.25. The smallest absolute Gasteiger partial charge is 0.320 e. The van der Waals surface area contributed by atoms with Crippen molar-refractivity contribution in [1.29, 1.82) is 0 Å². The molecule has 148 valence electrons. The summed E-state index contributed by atoms with van der Waals surface area (Å²) in [4.78, 5) is 15.6. The van der Waals surface area contributed by atoms with E-state index in [1.807, 2.05) is 54.6 Å². The molecule has 0 fully saturated rings. The normalized spacial score (nSPS) is 11.7. The zero-order valence-electron chi connectivity index (χ0n) is 14.8. The van der Waals surface area contributed by atoms with Gasteiger partial charge in [-0.3, -0.25) is 15.1 Å². The lowest BCUT2D eigenvalue weighted by atomic mass is 10.2. The lowest BCUT2D eigenvalue weighted by molar-refractivity contribution is -0.420. The highest BCUT2D eigenvalue weighted by atomic mass is 35.5. The van der Waals surface area contributed by atoms with Gasteiger partial charge >= 0.3 is 5.70 Å². The van der Waals surface area contributed by atoms with Gasteiger partial charge in [-0.2, -0.15) is 0 Å². The molecule has 0 spiro atoms. The summed E-state index contributed by atoms with van der Waals surface area (Å²) >= 11 is 18.8. The lowest BCUT2D eigenvalue weighted by Crippen LogP contribution is -2.09. The van der Waals surface area contributed by atoms with Crippen LogP contribution in [0.5, 0.6) is 0 Å². The van der Waals surface area contributed by atoms with E-state index in [0.717, 1.165) is 10.9 Å². The van der Waals surface area contributed by atoms with E-state index >= 15 is 0 Å². The van der Waals surface area contributed by atoms with Crippen LogP contribution in [0.3, 0.4) is 0 Å². The Morgan fingerprint density at radius 2 is 1.76 bits per heavy atom. The van der Waals surface area contributed by atoms with Crippen LogP contribution < -0.4 is 5.32 Å². The number of pyridine rings is 1. The molecule has 0 saturated heterocycles. The molecule has 2 aromatic carbocycles. The van der Waals surface area contributed by atoms with Gasteiger partial charge < -0.3 is 5.32 Å². The zero-order chi connectivity index (χ0) is 20.8. The second kappa shape index (κ2) is 9.98. The summed E-state index contributed by atoms with van der Waals surface area (Å²) in [7, 11) is 0. The maximum atomic E-state index is 11.8. The third-order valence-corrected chi connectivity index (χ3v) is 5.88. The van der Waals surface area contributed by atoms with Gasteiger partial charge in [0.15, 0.2) is 10.1 Å². The summed E-state index contributed by atoms with van der Waals surface area (Å²) in [5.41, 5.74) is 1.87. The Labute approximate surface area is 186 Å². The number of anilines is 1. The van der Waals surface area contributed by atoms with Crippen molar-refractivity contribution in [2.75, 3.05) is 5.32 Å². The Morgan fingerprint density at radius 1 is 1.03 bits per heavy atom. The van der Waals surface area contributed by atoms with Crippen molar-refractivity contribution in [3.05, 3.63) is 103 Å². The van der Waals surface area contributed by atoms with E-state index in [1.165, 1.54) is 11.8 Å². The number of aromatic nitrogens is 1. The molecule has 1 aromatic heterocycles. The van der Waals surface area contributed by atoms with Crippen molar-refractivity contribution in [2.45, 2.75) is 5.75 Å². The first kappa shape index (κ1) is 21.5. The number of fused-ring (bicyclic) bond motifs is 1. The van der Waals surface area contributed by atoms with Crippen LogP contribution in [0.4, 0.5) is 5.69 Å². The number of nitrogens with zero attached hydrogens (tertiary/aromatic N) is 2. The molecule has 1 heterocycles. The van der Waals surface area contributed by atoms with Crippen molar-refractivity contribution >= 4 is 63.2 Å². The third kappa shape index (κ3) is 5.42. The molecule has 3 aromatic rings. The van der Waals surface area contributed by atoms with Gasteiger partial charge in [-0.1, -0.05) is 95.1 Å². The molecule has 0 saturated carbocycles. The maximum absolute atomic E-state index is 11.8. The van der Waals surface area contributed by atoms with E-state index in [4.69, 9.17) is 34.8 Å². The van der Waals surface area contributed by atoms with Crippen LogP contribution in [0.1, 0.15) is 5.56 Å². The Bertz CT molecular complexity index is 1100. The summed E-state index contributed by atoms with van der Waals surface area (Å²) in [5, 5.41) is 15.7. The largest absolute Gasteiger partial charge is 0.343 e. The first-order valence-electron chi connectivity index (χ1n) is 8.34. The van der Waals surface area contributed by atoms with Crippen molar-refractivity contribution in [3.8, 4) is 0 Å². The molecular formula is C20H14Cl3N3O2S. The molecule has 1 N–H and O–H groups in total. The highest BCUT2D eigenvalue weighted by Crippen LogP contribution is 2.35. The average molecular weight is 467 g/mol. The number of thioether (sulfide) groups is 1. The fourth-order valence-corrected chi connectivity index (χ4v) is 3.97. The lowest BCUT2D eigenvalue weighted by Gasteiger charge is -2.13. The molecule has 5 nitrogen and oxygen atoms in total. The monoisotopic (exact) mass is 465 g/mol. The first-order chi connectivity index (χ1) is 14.0. The third-order valence-electron chi connectivity index (χ3n) is 3.88. The van der Waals surface area contributed by atoms with Crippen LogP contribution >= 0.6 is 46.6 Å². The van der Waals surface area contributed by atoms with Crippen LogP contribution in [-0.2, 0) is 5.75 Å². The van der Waals surface area contributed by atoms with E-state index < -0.39 is 10.6 Å². The molecule has 0 aliphatic heterocycles. The number of allylic oxidation sites excluding steroid dienone is 1. The van der Waals surface area contributed by atoms with E-state index in [2.05, 4.69) is 10.3 Å². The topological polar surface area (TPSA) is 68.1 Å². The molecule has 0 bridgehead atoms. The highest BCUT2D eigenvalue weighted by Gasteiger charge is 2.26. The Balaban J connectivity index is 2.07. The number of nitrogens with one attached hydrogen (secondary N) is 1. The molecular weight excluding hydrogens is 453 g/mol. The quantitative estimate of drug-likeness (QED) is 0.233. The molecule has 0 unspecified atom stereocenters. The molecule has 29 heavy (non-hydrogen) atoms. The van der Waals surface area contributed by atoms with Crippen LogP contribution in [-0.4, -0.2) is 9.91 Å². The van der Waals surface area contributed by atoms with Gasteiger partial charge in [0.1, 0.15) is 4.49 Å². The van der Waals surface area contributed by atoms with E-state index in [1.54, 1.807) is 12.3 Å². The van der Waals surface area contributed by atoms with Crippen LogP contribution in [0, 0.1) is 10.1 Å². The van der Waals surface area contributed by atoms with Crippen molar-refractivity contribution < 1.29 is 4.92 Å². The van der Waals surface area contributed by atoms with Gasteiger partial charge in [0, 0.05) is 17.3 Å². The van der Waals surface area contributed by atoms with Crippen LogP contribution in [0.15, 0.2) is 87.1 Å². The second-order valence-electron chi connectivity index (χ2n) is 5.79. The predicted molar refractivity (Wildman–Crippen MR) is 122 cm³/mol. The molecule has 9 heteroatoms. The van der Waals surface area contributed by atoms with E-state index in [9.17, 15) is 10.1 Å². The van der Waals surface area contributed by atoms with Gasteiger partial charge in [-0.05, 0) is 17.7 Å². The van der Waals surface area contributed by atoms with Gasteiger partial charge in [0.2, 0.25) is 0 Å². The summed E-state index contributed by atoms with van der Waals surface area (Å²) in [6, 6.07) is 18.8. The molecule has 0 aliphatic rings. The van der Waals surface area contributed by atoms with Crippen molar-refractivity contribution in [1.82, 2.24) is 4.98 Å². The van der Waals surface area contributed by atoms with E-state index in [-0.39, 0.29) is 14.6 Å². The standard InChI is InChI=1S/C20H14Cl3N3O2S/c21-16(19(22)23)18(26(27)28)20(29-12-13-6-2-1-3-7-13)25-15-10-4-8-14-9-5-11-24-17(14)15/h1-11,25H,12H2/b20-18-. The minimum absolute atomic E-state index is 0.209. The average Bonchev–Trinajstić information content (AvgIpc) is 2.72. The highest BCUT2D eigenvalue weighted by molar-refractivity contribution is 8.02. The molecule has 0 aliphatic carbocycles. The van der Waals surface area contributed by atoms with Crippen LogP contribution in [0.25, 0.3) is 10.9 Å². The van der Waals surface area contributed by atoms with Gasteiger partial charge in [-0.25, -0.2) is 0 Å². The Kier molecular flexibility index (Phi) is 7.39. The summed E-state index contributed by atoms with van der Waals surface area (Å²) in [6.07, 6.45) is 1.66. The van der Waals surface area contributed by atoms with Crippen molar-refractivity contribution in [2.24, 2.45) is 0 Å². The molecule has 3 rings (SSSR count). The van der Waals surface area contributed by atoms with Gasteiger partial charge in [0.25, 0.3) is 0 Å². The number of hydrogen-bond acceptors (Lipinski definition) is 5. The van der Waals surface area contributed by atoms with Crippen molar-refractivity contribution in [3.63, 3.8) is 0 Å². The fourth-order valence-electron chi connectivity index (χ4n) is 2.57. The molecule has 0 amide bonds. The van der Waals surface area contributed by atoms with E-state index in [0.29, 0.717) is 17.0 Å². The predicted octanol–water partition coefficient (Wildman–Crippen LogP) is 6.91. The summed E-state index contributed by atoms with van der Waals surface area (Å²) in [6.45, 7) is 0. The van der Waals surface area contributed by atoms with Gasteiger partial charge in [-0.15, -0.1) is 0 Å². The first-order valence-corrected chi connectivity index (χ1v) is 10.5. The number of halogens is 3. The maximum Gasteiger partial charge on any atom is 0.320 e. The zero-order valence-corrected chi connectivity index (χ0v) is 17.9. The summed E-state index contributed by atoms with van der Waals surface area (Å²) < 4.78 is -0.381. The second-order valence-corrected chi connectivity index (χ2v) is 8.10. The van der Waals surface area contributed by atoms with Crippen LogP contribution in [0.2, 0.25) is 0 Å². The number of nitro groups is 1.